The quantitative estimate of drug-likeness (QED) is 0.324. The normalized spacial score (nSPS) is 14.0. The molecular formula is C26H34N6O5. The van der Waals surface area contributed by atoms with Crippen molar-refractivity contribution in [3.63, 3.8) is 0 Å². The maximum atomic E-state index is 12.9. The SMILES string of the molecule is CCCCN(C)C(=O)c1cc(-c2n[nH]c(=O)n2-c2ccc(OCCN3CCNCC3)cc2)c(O)cc1O. The second kappa shape index (κ2) is 11.9. The number of hydrogen-bond donors (Lipinski definition) is 4. The minimum Gasteiger partial charge on any atom is -0.507 e. The van der Waals surface area contributed by atoms with Crippen molar-refractivity contribution >= 4 is 5.91 Å². The third-order valence-corrected chi connectivity index (χ3v) is 6.43. The van der Waals surface area contributed by atoms with Crippen LogP contribution in [0.1, 0.15) is 30.1 Å². The van der Waals surface area contributed by atoms with Gasteiger partial charge in [0, 0.05) is 52.4 Å². The summed E-state index contributed by atoms with van der Waals surface area (Å²) >= 11 is 0. The average molecular weight is 511 g/mol. The van der Waals surface area contributed by atoms with Gasteiger partial charge in [0.15, 0.2) is 5.82 Å². The number of amides is 1. The van der Waals surface area contributed by atoms with Gasteiger partial charge in [-0.05, 0) is 36.8 Å². The van der Waals surface area contributed by atoms with Gasteiger partial charge in [-0.3, -0.25) is 9.69 Å². The van der Waals surface area contributed by atoms with Gasteiger partial charge < -0.3 is 25.2 Å². The topological polar surface area (TPSA) is 136 Å². The molecule has 0 radical (unpaired) electrons. The molecule has 1 aliphatic rings. The van der Waals surface area contributed by atoms with Crippen LogP contribution in [-0.4, -0.2) is 93.6 Å². The Morgan fingerprint density at radius 3 is 2.57 bits per heavy atom. The zero-order valence-corrected chi connectivity index (χ0v) is 21.2. The van der Waals surface area contributed by atoms with E-state index in [1.54, 1.807) is 31.3 Å². The number of nitrogens with zero attached hydrogens (tertiary/aromatic N) is 4. The minimum absolute atomic E-state index is 0.0154. The fourth-order valence-electron chi connectivity index (χ4n) is 4.27. The first kappa shape index (κ1) is 26.2. The van der Waals surface area contributed by atoms with Gasteiger partial charge in [0.25, 0.3) is 5.91 Å². The first-order valence-corrected chi connectivity index (χ1v) is 12.5. The van der Waals surface area contributed by atoms with Crippen molar-refractivity contribution in [1.29, 1.82) is 0 Å². The Bertz CT molecular complexity index is 1260. The predicted molar refractivity (Wildman–Crippen MR) is 140 cm³/mol. The van der Waals surface area contributed by atoms with E-state index in [0.717, 1.165) is 51.6 Å². The number of phenols is 2. The molecule has 1 amide bonds. The zero-order chi connectivity index (χ0) is 26.4. The molecule has 1 aromatic heterocycles. The molecule has 2 heterocycles. The fourth-order valence-corrected chi connectivity index (χ4v) is 4.27. The fraction of sp³-hybridized carbons (Fsp3) is 0.423. The zero-order valence-electron chi connectivity index (χ0n) is 21.2. The predicted octanol–water partition coefficient (Wildman–Crippen LogP) is 1.79. The second-order valence-corrected chi connectivity index (χ2v) is 9.09. The summed E-state index contributed by atoms with van der Waals surface area (Å²) < 4.78 is 7.17. The summed E-state index contributed by atoms with van der Waals surface area (Å²) in [6, 6.07) is 9.44. The lowest BCUT2D eigenvalue weighted by molar-refractivity contribution is 0.0790. The minimum atomic E-state index is -0.511. The number of aromatic nitrogens is 3. The Kier molecular flexibility index (Phi) is 8.47. The molecule has 1 aliphatic heterocycles. The van der Waals surface area contributed by atoms with Crippen molar-refractivity contribution in [2.45, 2.75) is 19.8 Å². The molecule has 11 nitrogen and oxygen atoms in total. The van der Waals surface area contributed by atoms with Crippen LogP contribution < -0.4 is 15.7 Å². The molecule has 37 heavy (non-hydrogen) atoms. The highest BCUT2D eigenvalue weighted by Crippen LogP contribution is 2.35. The number of phenolic OH excluding ortho intramolecular Hbond substituents is 2. The lowest BCUT2D eigenvalue weighted by Crippen LogP contribution is -2.44. The number of carbonyl (C=O) groups excluding carboxylic acids is 1. The van der Waals surface area contributed by atoms with Crippen molar-refractivity contribution in [3.05, 3.63) is 52.4 Å². The highest BCUT2D eigenvalue weighted by molar-refractivity contribution is 5.98. The number of benzene rings is 2. The smallest absolute Gasteiger partial charge is 0.348 e. The summed E-state index contributed by atoms with van der Waals surface area (Å²) in [5.41, 5.74) is 0.146. The molecule has 0 spiro atoms. The molecule has 0 unspecified atom stereocenters. The monoisotopic (exact) mass is 510 g/mol. The van der Waals surface area contributed by atoms with Crippen molar-refractivity contribution < 1.29 is 19.7 Å². The summed E-state index contributed by atoms with van der Waals surface area (Å²) in [4.78, 5) is 29.4. The van der Waals surface area contributed by atoms with Gasteiger partial charge in [-0.2, -0.15) is 5.10 Å². The highest BCUT2D eigenvalue weighted by Gasteiger charge is 2.23. The van der Waals surface area contributed by atoms with Crippen LogP contribution in [-0.2, 0) is 0 Å². The summed E-state index contributed by atoms with van der Waals surface area (Å²) in [5, 5.41) is 30.8. The molecule has 11 heteroatoms. The Morgan fingerprint density at radius 1 is 1.14 bits per heavy atom. The van der Waals surface area contributed by atoms with Gasteiger partial charge >= 0.3 is 5.69 Å². The Hall–Kier alpha value is -3.83. The number of ether oxygens (including phenoxy) is 1. The molecule has 198 valence electrons. The molecule has 0 saturated carbocycles. The Morgan fingerprint density at radius 2 is 1.86 bits per heavy atom. The summed E-state index contributed by atoms with van der Waals surface area (Å²) in [7, 11) is 1.65. The number of unbranched alkanes of at least 4 members (excludes halogenated alkanes) is 1. The summed E-state index contributed by atoms with van der Waals surface area (Å²) in [5.74, 6) is -0.258. The van der Waals surface area contributed by atoms with Gasteiger partial charge in [0.1, 0.15) is 23.9 Å². The molecule has 4 rings (SSSR count). The molecule has 4 N–H and O–H groups in total. The standard InChI is InChI=1S/C26H34N6O5/c1-3-4-11-30(2)25(35)21-16-20(22(33)17-23(21)34)24-28-29-26(36)32(24)18-5-7-19(8-6-18)37-15-14-31-12-9-27-10-13-31/h5-8,16-17,27,33-34H,3-4,9-15H2,1-2H3,(H,29,36). The van der Waals surface area contributed by atoms with E-state index in [1.165, 1.54) is 15.5 Å². The van der Waals surface area contributed by atoms with Crippen LogP contribution >= 0.6 is 0 Å². The molecule has 2 aromatic carbocycles. The van der Waals surface area contributed by atoms with Crippen molar-refractivity contribution in [2.75, 3.05) is 52.9 Å². The maximum Gasteiger partial charge on any atom is 0.348 e. The van der Waals surface area contributed by atoms with E-state index in [9.17, 15) is 19.8 Å². The number of rotatable bonds is 10. The number of piperazine rings is 1. The molecule has 0 aliphatic carbocycles. The molecule has 0 atom stereocenters. The number of H-pyrrole nitrogens is 1. The Labute approximate surface area is 215 Å². The molecule has 1 fully saturated rings. The molecule has 3 aromatic rings. The van der Waals surface area contributed by atoms with Crippen LogP contribution in [0.4, 0.5) is 0 Å². The van der Waals surface area contributed by atoms with Gasteiger partial charge in [-0.15, -0.1) is 0 Å². The van der Waals surface area contributed by atoms with E-state index in [0.29, 0.717) is 24.6 Å². The number of aromatic hydroxyl groups is 2. The van der Waals surface area contributed by atoms with E-state index < -0.39 is 5.69 Å². The average Bonchev–Trinajstić information content (AvgIpc) is 3.29. The number of nitrogens with one attached hydrogen (secondary N) is 2. The van der Waals surface area contributed by atoms with Gasteiger partial charge in [-0.25, -0.2) is 14.5 Å². The summed E-state index contributed by atoms with van der Waals surface area (Å²) in [6.07, 6.45) is 1.74. The third kappa shape index (κ3) is 6.12. The lowest BCUT2D eigenvalue weighted by atomic mass is 10.1. The first-order valence-electron chi connectivity index (χ1n) is 12.5. The number of hydrogen-bond acceptors (Lipinski definition) is 8. The maximum absolute atomic E-state index is 12.9. The van der Waals surface area contributed by atoms with E-state index in [4.69, 9.17) is 4.74 Å². The molecule has 1 saturated heterocycles. The van der Waals surface area contributed by atoms with Crippen LogP contribution in [0.25, 0.3) is 17.1 Å². The summed E-state index contributed by atoms with van der Waals surface area (Å²) in [6.45, 7) is 7.92. The van der Waals surface area contributed by atoms with Crippen molar-refractivity contribution in [1.82, 2.24) is 29.9 Å². The van der Waals surface area contributed by atoms with Crippen LogP contribution in [0.5, 0.6) is 17.2 Å². The van der Waals surface area contributed by atoms with E-state index in [-0.39, 0.29) is 34.4 Å². The van der Waals surface area contributed by atoms with Crippen molar-refractivity contribution in [2.24, 2.45) is 0 Å². The first-order chi connectivity index (χ1) is 17.9. The van der Waals surface area contributed by atoms with Gasteiger partial charge in [0.05, 0.1) is 16.8 Å². The molecule has 0 bridgehead atoms. The van der Waals surface area contributed by atoms with Crippen LogP contribution in [0.3, 0.4) is 0 Å². The Balaban J connectivity index is 1.55. The van der Waals surface area contributed by atoms with Crippen LogP contribution in [0.15, 0.2) is 41.2 Å². The lowest BCUT2D eigenvalue weighted by Gasteiger charge is -2.26. The van der Waals surface area contributed by atoms with E-state index in [1.807, 2.05) is 6.92 Å². The van der Waals surface area contributed by atoms with Crippen LogP contribution in [0, 0.1) is 0 Å². The van der Waals surface area contributed by atoms with Crippen LogP contribution in [0.2, 0.25) is 0 Å². The van der Waals surface area contributed by atoms with E-state index in [2.05, 4.69) is 20.4 Å². The van der Waals surface area contributed by atoms with Gasteiger partial charge in [0.2, 0.25) is 0 Å². The number of carbonyl (C=O) groups is 1. The molecular weight excluding hydrogens is 476 g/mol. The largest absolute Gasteiger partial charge is 0.507 e. The van der Waals surface area contributed by atoms with Gasteiger partial charge in [-0.1, -0.05) is 13.3 Å². The van der Waals surface area contributed by atoms with E-state index >= 15 is 0 Å². The number of aromatic amines is 1. The second-order valence-electron chi connectivity index (χ2n) is 9.09. The highest BCUT2D eigenvalue weighted by atomic mass is 16.5. The third-order valence-electron chi connectivity index (χ3n) is 6.43. The van der Waals surface area contributed by atoms with Crippen molar-refractivity contribution in [3.8, 4) is 34.3 Å².